The highest BCUT2D eigenvalue weighted by atomic mass is 16.1. The molecule has 8 nitrogen and oxygen atoms in total. The Labute approximate surface area is 153 Å². The van der Waals surface area contributed by atoms with Crippen LogP contribution in [0.3, 0.4) is 0 Å². The van der Waals surface area contributed by atoms with Gasteiger partial charge in [0.05, 0.1) is 12.2 Å². The molecule has 0 amide bonds. The van der Waals surface area contributed by atoms with Crippen molar-refractivity contribution in [2.45, 2.75) is 13.5 Å². The maximum absolute atomic E-state index is 12.2. The van der Waals surface area contributed by atoms with Crippen molar-refractivity contribution < 1.29 is 0 Å². The zero-order chi connectivity index (χ0) is 18.5. The molecule has 138 valence electrons. The van der Waals surface area contributed by atoms with E-state index in [9.17, 15) is 4.79 Å². The number of aryl methyl sites for hydroxylation is 2. The maximum Gasteiger partial charge on any atom is 0.293 e. The van der Waals surface area contributed by atoms with Gasteiger partial charge in [0.15, 0.2) is 11.8 Å². The Balaban J connectivity index is 1.60. The minimum absolute atomic E-state index is 0.0610. The molecular weight excluding hydrogens is 330 g/mol. The third kappa shape index (κ3) is 3.84. The first-order valence-electron chi connectivity index (χ1n) is 8.73. The summed E-state index contributed by atoms with van der Waals surface area (Å²) in [6, 6.07) is 3.99. The molecule has 1 saturated heterocycles. The summed E-state index contributed by atoms with van der Waals surface area (Å²) in [5, 5.41) is 3.38. The molecule has 0 atom stereocenters. The summed E-state index contributed by atoms with van der Waals surface area (Å²) in [4.78, 5) is 29.5. The second-order valence-corrected chi connectivity index (χ2v) is 6.31. The predicted molar refractivity (Wildman–Crippen MR) is 102 cm³/mol. The van der Waals surface area contributed by atoms with Gasteiger partial charge in [0.1, 0.15) is 0 Å². The van der Waals surface area contributed by atoms with E-state index >= 15 is 0 Å². The van der Waals surface area contributed by atoms with Crippen LogP contribution in [0.15, 0.2) is 40.5 Å². The largest absolute Gasteiger partial charge is 0.351 e. The number of nitrogens with one attached hydrogen (secondary N) is 1. The van der Waals surface area contributed by atoms with Gasteiger partial charge in [-0.15, -0.1) is 0 Å². The topological polar surface area (TPSA) is 78.7 Å². The lowest BCUT2D eigenvalue weighted by atomic mass is 10.2. The number of aromatic nitrogens is 3. The molecule has 0 aliphatic carbocycles. The summed E-state index contributed by atoms with van der Waals surface area (Å²) in [5.41, 5.74) is 2.12. The first-order valence-corrected chi connectivity index (χ1v) is 8.73. The zero-order valence-electron chi connectivity index (χ0n) is 15.5. The smallest absolute Gasteiger partial charge is 0.293 e. The van der Waals surface area contributed by atoms with Gasteiger partial charge in [-0.1, -0.05) is 6.07 Å². The van der Waals surface area contributed by atoms with Crippen molar-refractivity contribution >= 4 is 11.8 Å². The van der Waals surface area contributed by atoms with Crippen molar-refractivity contribution in [3.63, 3.8) is 0 Å². The number of guanidine groups is 1. The van der Waals surface area contributed by atoms with E-state index in [1.165, 1.54) is 0 Å². The molecule has 0 unspecified atom stereocenters. The monoisotopic (exact) mass is 355 g/mol. The van der Waals surface area contributed by atoms with E-state index in [-0.39, 0.29) is 5.56 Å². The fourth-order valence-electron chi connectivity index (χ4n) is 3.03. The third-order valence-corrected chi connectivity index (χ3v) is 4.62. The molecule has 1 aliphatic rings. The van der Waals surface area contributed by atoms with Crippen LogP contribution in [0.25, 0.3) is 0 Å². The van der Waals surface area contributed by atoms with Gasteiger partial charge in [-0.2, -0.15) is 0 Å². The van der Waals surface area contributed by atoms with Crippen molar-refractivity contribution in [2.24, 2.45) is 12.0 Å². The van der Waals surface area contributed by atoms with Gasteiger partial charge in [0, 0.05) is 58.9 Å². The molecule has 3 rings (SSSR count). The van der Waals surface area contributed by atoms with Gasteiger partial charge in [-0.25, -0.2) is 4.98 Å². The molecule has 2 aromatic heterocycles. The lowest BCUT2D eigenvalue weighted by Gasteiger charge is -2.36. The van der Waals surface area contributed by atoms with Gasteiger partial charge in [0.2, 0.25) is 0 Å². The molecule has 0 spiro atoms. The minimum atomic E-state index is -0.0610. The van der Waals surface area contributed by atoms with Crippen LogP contribution >= 0.6 is 0 Å². The van der Waals surface area contributed by atoms with Crippen molar-refractivity contribution in [1.82, 2.24) is 24.8 Å². The van der Waals surface area contributed by atoms with E-state index in [2.05, 4.69) is 38.2 Å². The van der Waals surface area contributed by atoms with Crippen LogP contribution < -0.4 is 15.8 Å². The molecule has 0 aromatic carbocycles. The van der Waals surface area contributed by atoms with E-state index in [4.69, 9.17) is 0 Å². The summed E-state index contributed by atoms with van der Waals surface area (Å²) in [7, 11) is 3.53. The van der Waals surface area contributed by atoms with E-state index in [0.717, 1.165) is 43.4 Å². The van der Waals surface area contributed by atoms with Crippen molar-refractivity contribution in [2.75, 3.05) is 38.1 Å². The molecule has 0 bridgehead atoms. The third-order valence-electron chi connectivity index (χ3n) is 4.62. The number of rotatable bonds is 3. The van der Waals surface area contributed by atoms with Crippen LogP contribution in [0.2, 0.25) is 0 Å². The van der Waals surface area contributed by atoms with Gasteiger partial charge in [-0.05, 0) is 18.6 Å². The SMILES string of the molecule is CN=C(NCc1ncccc1C)N1CCN(c2nccn(C)c2=O)CC1. The number of nitrogens with zero attached hydrogens (tertiary/aromatic N) is 6. The van der Waals surface area contributed by atoms with Crippen molar-refractivity contribution in [3.05, 3.63) is 52.3 Å². The predicted octanol–water partition coefficient (Wildman–Crippen LogP) is 0.381. The average Bonchev–Trinajstić information content (AvgIpc) is 2.66. The molecular formula is C18H25N7O. The van der Waals surface area contributed by atoms with E-state index in [1.807, 2.05) is 11.0 Å². The Morgan fingerprint density at radius 2 is 2.00 bits per heavy atom. The van der Waals surface area contributed by atoms with Gasteiger partial charge in [-0.3, -0.25) is 14.8 Å². The Kier molecular flexibility index (Phi) is 5.50. The Morgan fingerprint density at radius 3 is 2.69 bits per heavy atom. The number of aliphatic imine (C=N–C) groups is 1. The van der Waals surface area contributed by atoms with Crippen molar-refractivity contribution in [1.29, 1.82) is 0 Å². The highest BCUT2D eigenvalue weighted by Crippen LogP contribution is 2.09. The van der Waals surface area contributed by atoms with E-state index in [1.54, 1.807) is 37.3 Å². The van der Waals surface area contributed by atoms with Gasteiger partial charge >= 0.3 is 0 Å². The second kappa shape index (κ2) is 7.99. The van der Waals surface area contributed by atoms with Crippen LogP contribution in [-0.2, 0) is 13.6 Å². The number of piperazine rings is 1. The maximum atomic E-state index is 12.2. The Morgan fingerprint density at radius 1 is 1.23 bits per heavy atom. The summed E-state index contributed by atoms with van der Waals surface area (Å²) in [5.74, 6) is 1.37. The Bertz CT molecular complexity index is 837. The molecule has 0 saturated carbocycles. The average molecular weight is 355 g/mol. The van der Waals surface area contributed by atoms with Crippen LogP contribution in [-0.4, -0.2) is 58.6 Å². The van der Waals surface area contributed by atoms with Crippen LogP contribution in [0.1, 0.15) is 11.3 Å². The number of hydrogen-bond acceptors (Lipinski definition) is 5. The highest BCUT2D eigenvalue weighted by Gasteiger charge is 2.22. The standard InChI is InChI=1S/C18H25N7O/c1-14-5-4-6-20-15(14)13-22-18(19-2)25-11-9-24(10-12-25)16-17(26)23(3)8-7-21-16/h4-8H,9-13H2,1-3H3,(H,19,22). The Hall–Kier alpha value is -2.90. The second-order valence-electron chi connectivity index (χ2n) is 6.31. The summed E-state index contributed by atoms with van der Waals surface area (Å²) in [6.45, 7) is 5.71. The van der Waals surface area contributed by atoms with Crippen molar-refractivity contribution in [3.8, 4) is 0 Å². The summed E-state index contributed by atoms with van der Waals surface area (Å²) >= 11 is 0. The minimum Gasteiger partial charge on any atom is -0.351 e. The van der Waals surface area contributed by atoms with Gasteiger partial charge in [0.25, 0.3) is 5.56 Å². The zero-order valence-corrected chi connectivity index (χ0v) is 15.5. The normalized spacial score (nSPS) is 15.3. The van der Waals surface area contributed by atoms with Crippen LogP contribution in [0.4, 0.5) is 5.82 Å². The highest BCUT2D eigenvalue weighted by molar-refractivity contribution is 5.80. The quantitative estimate of drug-likeness (QED) is 0.634. The molecule has 0 radical (unpaired) electrons. The fraction of sp³-hybridized carbons (Fsp3) is 0.444. The molecule has 1 fully saturated rings. The first-order chi connectivity index (χ1) is 12.6. The van der Waals surface area contributed by atoms with E-state index < -0.39 is 0 Å². The molecule has 1 aliphatic heterocycles. The number of anilines is 1. The summed E-state index contributed by atoms with van der Waals surface area (Å²) < 4.78 is 1.56. The molecule has 26 heavy (non-hydrogen) atoms. The number of hydrogen-bond donors (Lipinski definition) is 1. The molecule has 1 N–H and O–H groups in total. The molecule has 8 heteroatoms. The van der Waals surface area contributed by atoms with Gasteiger partial charge < -0.3 is 19.7 Å². The molecule has 2 aromatic rings. The summed E-state index contributed by atoms with van der Waals surface area (Å²) in [6.07, 6.45) is 5.14. The van der Waals surface area contributed by atoms with Crippen LogP contribution in [0, 0.1) is 6.92 Å². The first kappa shape index (κ1) is 17.9. The lowest BCUT2D eigenvalue weighted by molar-refractivity contribution is 0.370. The fourth-order valence-corrected chi connectivity index (χ4v) is 3.03. The van der Waals surface area contributed by atoms with Crippen LogP contribution in [0.5, 0.6) is 0 Å². The van der Waals surface area contributed by atoms with E-state index in [0.29, 0.717) is 12.4 Å². The molecule has 3 heterocycles. The number of pyridine rings is 1. The lowest BCUT2D eigenvalue weighted by Crippen LogP contribution is -2.53.